The van der Waals surface area contributed by atoms with Gasteiger partial charge in [-0.05, 0) is 6.07 Å². The lowest BCUT2D eigenvalue weighted by atomic mass is 10.1. The van der Waals surface area contributed by atoms with Crippen LogP contribution in [0.4, 0.5) is 13.2 Å². The number of fused-ring (bicyclic) bond motifs is 1. The van der Waals surface area contributed by atoms with Crippen molar-refractivity contribution >= 4 is 16.7 Å². The van der Waals surface area contributed by atoms with Crippen LogP contribution in [0.3, 0.4) is 0 Å². The molecule has 0 aliphatic carbocycles. The summed E-state index contributed by atoms with van der Waals surface area (Å²) in [6, 6.07) is 6.39. The second kappa shape index (κ2) is 4.68. The Balaban J connectivity index is 2.49. The normalized spacial score (nSPS) is 12.7. The molecule has 0 spiro atoms. The van der Waals surface area contributed by atoms with Crippen LogP contribution in [0.1, 0.15) is 10.5 Å². The van der Waals surface area contributed by atoms with Crippen LogP contribution in [-0.4, -0.2) is 27.0 Å². The predicted molar refractivity (Wildman–Crippen MR) is 60.6 cm³/mol. The van der Waals surface area contributed by atoms with Gasteiger partial charge in [-0.1, -0.05) is 18.2 Å². The average Bonchev–Trinajstić information content (AvgIpc) is 2.36. The van der Waals surface area contributed by atoms with Gasteiger partial charge in [-0.2, -0.15) is 13.2 Å². The van der Waals surface area contributed by atoms with E-state index in [9.17, 15) is 18.0 Å². The summed E-state index contributed by atoms with van der Waals surface area (Å²) in [5, 5.41) is 9.08. The summed E-state index contributed by atoms with van der Waals surface area (Å²) in [7, 11) is 0. The number of allylic oxidation sites excluding steroid dienone is 2. The van der Waals surface area contributed by atoms with Gasteiger partial charge < -0.3 is 5.11 Å². The van der Waals surface area contributed by atoms with Crippen molar-refractivity contribution in [1.82, 2.24) is 9.97 Å². The quantitative estimate of drug-likeness (QED) is 0.516. The summed E-state index contributed by atoms with van der Waals surface area (Å²) in [4.78, 5) is 19.2. The summed E-state index contributed by atoms with van der Waals surface area (Å²) in [6.07, 6.45) is -3.78. The molecule has 0 aliphatic rings. The molecule has 98 valence electrons. The highest BCUT2D eigenvalue weighted by Crippen LogP contribution is 2.24. The third kappa shape index (κ3) is 2.70. The standard InChI is InChI=1S/C12H7F3N2O2/c13-12(14,15)10(19)5-9(18)11-7-3-1-2-4-8(7)16-6-17-11/h1-6,19H/b10-5-. The van der Waals surface area contributed by atoms with E-state index in [4.69, 9.17) is 5.11 Å². The number of aromatic nitrogens is 2. The molecule has 0 fully saturated rings. The number of halogens is 3. The van der Waals surface area contributed by atoms with Gasteiger partial charge in [0.05, 0.1) is 5.52 Å². The molecule has 1 aromatic carbocycles. The number of aliphatic hydroxyl groups excluding tert-OH is 1. The van der Waals surface area contributed by atoms with E-state index in [1.54, 1.807) is 18.2 Å². The number of hydrogen-bond donors (Lipinski definition) is 1. The minimum absolute atomic E-state index is 0.106. The van der Waals surface area contributed by atoms with Crippen molar-refractivity contribution < 1.29 is 23.1 Å². The topological polar surface area (TPSA) is 63.1 Å². The van der Waals surface area contributed by atoms with Crippen LogP contribution in [-0.2, 0) is 0 Å². The fourth-order valence-electron chi connectivity index (χ4n) is 1.48. The largest absolute Gasteiger partial charge is 0.504 e. The first-order valence-electron chi connectivity index (χ1n) is 5.11. The number of carbonyl (C=O) groups excluding carboxylic acids is 1. The number of rotatable bonds is 2. The number of alkyl halides is 3. The number of para-hydroxylation sites is 1. The molecule has 0 atom stereocenters. The van der Waals surface area contributed by atoms with Crippen molar-refractivity contribution in [3.05, 3.63) is 48.1 Å². The predicted octanol–water partition coefficient (Wildman–Crippen LogP) is 2.82. The number of benzene rings is 1. The molecule has 0 bridgehead atoms. The van der Waals surface area contributed by atoms with E-state index in [1.807, 2.05) is 0 Å². The zero-order chi connectivity index (χ0) is 14.0. The van der Waals surface area contributed by atoms with Crippen molar-refractivity contribution in [3.8, 4) is 0 Å². The Labute approximate surface area is 105 Å². The van der Waals surface area contributed by atoms with Crippen LogP contribution >= 0.6 is 0 Å². The maximum absolute atomic E-state index is 12.1. The third-order valence-corrected chi connectivity index (χ3v) is 2.33. The molecule has 1 heterocycles. The Hall–Kier alpha value is -2.44. The fourth-order valence-corrected chi connectivity index (χ4v) is 1.48. The summed E-state index contributed by atoms with van der Waals surface area (Å²) < 4.78 is 36.4. The molecule has 0 unspecified atom stereocenters. The molecule has 0 aliphatic heterocycles. The highest BCUT2D eigenvalue weighted by molar-refractivity contribution is 6.11. The van der Waals surface area contributed by atoms with Crippen LogP contribution in [0.25, 0.3) is 10.9 Å². The molecule has 0 saturated heterocycles. The Morgan fingerprint density at radius 2 is 1.89 bits per heavy atom. The monoisotopic (exact) mass is 268 g/mol. The maximum atomic E-state index is 12.1. The fraction of sp³-hybridized carbons (Fsp3) is 0.0833. The number of carbonyl (C=O) groups is 1. The number of nitrogens with zero attached hydrogens (tertiary/aromatic N) is 2. The lowest BCUT2D eigenvalue weighted by molar-refractivity contribution is -0.120. The summed E-state index contributed by atoms with van der Waals surface area (Å²) in [6.45, 7) is 0. The SMILES string of the molecule is O=C(/C=C(\O)C(F)(F)F)c1ncnc2ccccc12. The molecule has 1 aromatic heterocycles. The molecule has 1 N–H and O–H groups in total. The van der Waals surface area contributed by atoms with E-state index >= 15 is 0 Å². The van der Waals surface area contributed by atoms with Crippen LogP contribution in [0.5, 0.6) is 0 Å². The average molecular weight is 268 g/mol. The van der Waals surface area contributed by atoms with E-state index in [0.717, 1.165) is 6.33 Å². The Morgan fingerprint density at radius 3 is 2.58 bits per heavy atom. The van der Waals surface area contributed by atoms with E-state index < -0.39 is 17.7 Å². The molecular formula is C12H7F3N2O2. The van der Waals surface area contributed by atoms with Crippen molar-refractivity contribution in [3.63, 3.8) is 0 Å². The van der Waals surface area contributed by atoms with Crippen molar-refractivity contribution in [2.45, 2.75) is 6.18 Å². The molecule has 4 nitrogen and oxygen atoms in total. The van der Waals surface area contributed by atoms with Gasteiger partial charge in [0.25, 0.3) is 0 Å². The highest BCUT2D eigenvalue weighted by atomic mass is 19.4. The van der Waals surface area contributed by atoms with Gasteiger partial charge in [0.15, 0.2) is 0 Å². The lowest BCUT2D eigenvalue weighted by Crippen LogP contribution is -2.13. The van der Waals surface area contributed by atoms with Gasteiger partial charge in [0, 0.05) is 11.5 Å². The summed E-state index contributed by atoms with van der Waals surface area (Å²) in [5.41, 5.74) is 0.238. The second-order valence-corrected chi connectivity index (χ2v) is 3.63. The maximum Gasteiger partial charge on any atom is 0.448 e. The molecule has 19 heavy (non-hydrogen) atoms. The third-order valence-electron chi connectivity index (χ3n) is 2.33. The molecular weight excluding hydrogens is 261 g/mol. The van der Waals surface area contributed by atoms with E-state index in [1.165, 1.54) is 6.07 Å². The first kappa shape index (κ1) is 13.0. The smallest absolute Gasteiger partial charge is 0.448 e. The Bertz CT molecular complexity index is 660. The first-order valence-corrected chi connectivity index (χ1v) is 5.11. The van der Waals surface area contributed by atoms with Gasteiger partial charge in [0.2, 0.25) is 11.5 Å². The number of hydrogen-bond acceptors (Lipinski definition) is 4. The first-order chi connectivity index (χ1) is 8.89. The highest BCUT2D eigenvalue weighted by Gasteiger charge is 2.34. The molecule has 0 saturated carbocycles. The molecule has 2 aromatic rings. The van der Waals surface area contributed by atoms with E-state index in [2.05, 4.69) is 9.97 Å². The van der Waals surface area contributed by atoms with Crippen molar-refractivity contribution in [2.75, 3.05) is 0 Å². The van der Waals surface area contributed by atoms with Crippen LogP contribution in [0, 0.1) is 0 Å². The lowest BCUT2D eigenvalue weighted by Gasteiger charge is -2.05. The van der Waals surface area contributed by atoms with Gasteiger partial charge in [-0.25, -0.2) is 9.97 Å². The van der Waals surface area contributed by atoms with E-state index in [-0.39, 0.29) is 11.8 Å². The van der Waals surface area contributed by atoms with Gasteiger partial charge in [-0.3, -0.25) is 4.79 Å². The Kier molecular flexibility index (Phi) is 3.20. The summed E-state index contributed by atoms with van der Waals surface area (Å²) >= 11 is 0. The zero-order valence-corrected chi connectivity index (χ0v) is 9.35. The molecule has 2 rings (SSSR count). The van der Waals surface area contributed by atoms with Gasteiger partial charge in [-0.15, -0.1) is 0 Å². The van der Waals surface area contributed by atoms with Crippen molar-refractivity contribution in [2.24, 2.45) is 0 Å². The van der Waals surface area contributed by atoms with Gasteiger partial charge >= 0.3 is 6.18 Å². The van der Waals surface area contributed by atoms with Crippen molar-refractivity contribution in [1.29, 1.82) is 0 Å². The molecule has 7 heteroatoms. The second-order valence-electron chi connectivity index (χ2n) is 3.63. The van der Waals surface area contributed by atoms with Gasteiger partial charge in [0.1, 0.15) is 12.0 Å². The van der Waals surface area contributed by atoms with E-state index in [0.29, 0.717) is 10.9 Å². The van der Waals surface area contributed by atoms with Crippen LogP contribution in [0.2, 0.25) is 0 Å². The van der Waals surface area contributed by atoms with Crippen LogP contribution in [0.15, 0.2) is 42.4 Å². The minimum atomic E-state index is -4.96. The number of ketones is 1. The Morgan fingerprint density at radius 1 is 1.21 bits per heavy atom. The molecule has 0 radical (unpaired) electrons. The molecule has 0 amide bonds. The zero-order valence-electron chi connectivity index (χ0n) is 9.35. The number of aliphatic hydroxyl groups is 1. The minimum Gasteiger partial charge on any atom is -0.504 e. The van der Waals surface area contributed by atoms with Crippen LogP contribution < -0.4 is 0 Å². The summed E-state index contributed by atoms with van der Waals surface area (Å²) in [5.74, 6) is -2.99.